The molecule has 0 saturated heterocycles. The third kappa shape index (κ3) is 1.68. The van der Waals surface area contributed by atoms with E-state index in [0.29, 0.717) is 28.4 Å². The summed E-state index contributed by atoms with van der Waals surface area (Å²) >= 11 is 0. The molecular formula is C14H9N3O. The van der Waals surface area contributed by atoms with Crippen LogP contribution in [0.25, 0.3) is 27.4 Å². The van der Waals surface area contributed by atoms with Gasteiger partial charge in [0.05, 0.1) is 12.1 Å². The van der Waals surface area contributed by atoms with Crippen LogP contribution in [-0.2, 0) is 0 Å². The second-order valence-corrected chi connectivity index (χ2v) is 3.90. The second-order valence-electron chi connectivity index (χ2n) is 3.90. The van der Waals surface area contributed by atoms with Crippen LogP contribution >= 0.6 is 0 Å². The molecule has 0 amide bonds. The SMILES string of the molecule is [C-]#[N+]c1ccc2oc(-c3ccc(N)cc3)nc2c1. The summed E-state index contributed by atoms with van der Waals surface area (Å²) in [5, 5.41) is 0. The second kappa shape index (κ2) is 3.90. The number of rotatable bonds is 1. The highest BCUT2D eigenvalue weighted by Crippen LogP contribution is 2.27. The summed E-state index contributed by atoms with van der Waals surface area (Å²) in [6, 6.07) is 12.5. The number of anilines is 1. The fraction of sp³-hybridized carbons (Fsp3) is 0. The predicted molar refractivity (Wildman–Crippen MR) is 70.1 cm³/mol. The Morgan fingerprint density at radius 1 is 1.11 bits per heavy atom. The van der Waals surface area contributed by atoms with Gasteiger partial charge in [0.15, 0.2) is 11.3 Å². The number of hydrogen-bond donors (Lipinski definition) is 1. The molecule has 0 aliphatic heterocycles. The Morgan fingerprint density at radius 2 is 1.89 bits per heavy atom. The first-order valence-electron chi connectivity index (χ1n) is 5.40. The van der Waals surface area contributed by atoms with Crippen molar-refractivity contribution >= 4 is 22.5 Å². The van der Waals surface area contributed by atoms with E-state index in [4.69, 9.17) is 16.7 Å². The van der Waals surface area contributed by atoms with Gasteiger partial charge in [0.1, 0.15) is 0 Å². The number of oxazole rings is 1. The van der Waals surface area contributed by atoms with E-state index in [9.17, 15) is 0 Å². The van der Waals surface area contributed by atoms with Gasteiger partial charge < -0.3 is 10.2 Å². The van der Waals surface area contributed by atoms with Crippen molar-refractivity contribution in [1.82, 2.24) is 4.98 Å². The van der Waals surface area contributed by atoms with Gasteiger partial charge in [-0.05, 0) is 36.4 Å². The first-order chi connectivity index (χ1) is 8.76. The number of benzene rings is 2. The smallest absolute Gasteiger partial charge is 0.227 e. The highest BCUT2D eigenvalue weighted by molar-refractivity contribution is 5.80. The molecule has 0 saturated carbocycles. The lowest BCUT2D eigenvalue weighted by Crippen LogP contribution is -1.83. The molecule has 3 aromatic rings. The van der Waals surface area contributed by atoms with Crippen LogP contribution in [0.15, 0.2) is 46.9 Å². The van der Waals surface area contributed by atoms with E-state index >= 15 is 0 Å². The summed E-state index contributed by atoms with van der Waals surface area (Å²) in [6.07, 6.45) is 0. The fourth-order valence-electron chi connectivity index (χ4n) is 1.73. The first kappa shape index (κ1) is 10.4. The van der Waals surface area contributed by atoms with Crippen LogP contribution < -0.4 is 5.73 Å². The van der Waals surface area contributed by atoms with Gasteiger partial charge in [0, 0.05) is 11.3 Å². The topological polar surface area (TPSA) is 56.4 Å². The molecule has 0 fully saturated rings. The number of nitrogens with two attached hydrogens (primary N) is 1. The van der Waals surface area contributed by atoms with E-state index in [-0.39, 0.29) is 0 Å². The fourth-order valence-corrected chi connectivity index (χ4v) is 1.73. The van der Waals surface area contributed by atoms with Crippen LogP contribution in [0.4, 0.5) is 11.4 Å². The number of nitrogen functional groups attached to an aromatic ring is 1. The molecule has 0 radical (unpaired) electrons. The molecule has 4 nitrogen and oxygen atoms in total. The summed E-state index contributed by atoms with van der Waals surface area (Å²) in [5.41, 5.74) is 9.12. The molecular weight excluding hydrogens is 226 g/mol. The maximum atomic E-state index is 6.97. The van der Waals surface area contributed by atoms with E-state index in [2.05, 4.69) is 9.83 Å². The van der Waals surface area contributed by atoms with E-state index in [1.165, 1.54) is 0 Å². The molecule has 18 heavy (non-hydrogen) atoms. The standard InChI is InChI=1S/C14H9N3O/c1-16-11-6-7-13-12(8-11)17-14(18-13)9-2-4-10(15)5-3-9/h2-8H,15H2. The third-order valence-electron chi connectivity index (χ3n) is 2.66. The van der Waals surface area contributed by atoms with Crippen molar-refractivity contribution in [3.63, 3.8) is 0 Å². The summed E-state index contributed by atoms with van der Waals surface area (Å²) in [5.74, 6) is 0.534. The van der Waals surface area contributed by atoms with Crippen LogP contribution in [0.1, 0.15) is 0 Å². The number of nitrogens with zero attached hydrogens (tertiary/aromatic N) is 2. The van der Waals surface area contributed by atoms with E-state index < -0.39 is 0 Å². The lowest BCUT2D eigenvalue weighted by molar-refractivity contribution is 0.620. The van der Waals surface area contributed by atoms with Crippen molar-refractivity contribution in [2.24, 2.45) is 0 Å². The largest absolute Gasteiger partial charge is 0.436 e. The Labute approximate surface area is 103 Å². The van der Waals surface area contributed by atoms with Crippen molar-refractivity contribution in [2.45, 2.75) is 0 Å². The van der Waals surface area contributed by atoms with Gasteiger partial charge in [-0.2, -0.15) is 0 Å². The molecule has 2 aromatic carbocycles. The molecule has 86 valence electrons. The molecule has 0 aliphatic rings. The average Bonchev–Trinajstić information content (AvgIpc) is 2.82. The van der Waals surface area contributed by atoms with Gasteiger partial charge in [-0.25, -0.2) is 9.83 Å². The van der Waals surface area contributed by atoms with Gasteiger partial charge in [-0.15, -0.1) is 0 Å². The van der Waals surface area contributed by atoms with Crippen LogP contribution in [0.5, 0.6) is 0 Å². The maximum absolute atomic E-state index is 6.97. The summed E-state index contributed by atoms with van der Waals surface area (Å²) in [4.78, 5) is 7.74. The Kier molecular flexibility index (Phi) is 2.24. The summed E-state index contributed by atoms with van der Waals surface area (Å²) < 4.78 is 5.64. The van der Waals surface area contributed by atoms with Crippen LogP contribution in [0.3, 0.4) is 0 Å². The zero-order valence-corrected chi connectivity index (χ0v) is 9.42. The molecule has 2 N–H and O–H groups in total. The Hall–Kier alpha value is -2.80. The van der Waals surface area contributed by atoms with Crippen molar-refractivity contribution < 1.29 is 4.42 Å². The Morgan fingerprint density at radius 3 is 2.61 bits per heavy atom. The number of hydrogen-bond acceptors (Lipinski definition) is 3. The van der Waals surface area contributed by atoms with Gasteiger partial charge in [0.2, 0.25) is 5.89 Å². The quantitative estimate of drug-likeness (QED) is 0.517. The molecule has 4 heteroatoms. The first-order valence-corrected chi connectivity index (χ1v) is 5.40. The minimum atomic E-state index is 0.534. The zero-order chi connectivity index (χ0) is 12.5. The normalized spacial score (nSPS) is 10.4. The van der Waals surface area contributed by atoms with Crippen molar-refractivity contribution in [1.29, 1.82) is 0 Å². The minimum Gasteiger partial charge on any atom is -0.436 e. The number of aromatic nitrogens is 1. The predicted octanol–water partition coefficient (Wildman–Crippen LogP) is 3.63. The number of fused-ring (bicyclic) bond motifs is 1. The van der Waals surface area contributed by atoms with E-state index in [1.807, 2.05) is 12.1 Å². The third-order valence-corrected chi connectivity index (χ3v) is 2.66. The van der Waals surface area contributed by atoms with Crippen LogP contribution in [-0.4, -0.2) is 4.98 Å². The molecule has 0 bridgehead atoms. The highest BCUT2D eigenvalue weighted by atomic mass is 16.3. The summed E-state index contributed by atoms with van der Waals surface area (Å²) in [7, 11) is 0. The molecule has 0 unspecified atom stereocenters. The van der Waals surface area contributed by atoms with E-state index in [1.54, 1.807) is 30.3 Å². The maximum Gasteiger partial charge on any atom is 0.227 e. The van der Waals surface area contributed by atoms with Gasteiger partial charge >= 0.3 is 0 Å². The Balaban J connectivity index is 2.13. The molecule has 1 heterocycles. The van der Waals surface area contributed by atoms with Crippen molar-refractivity contribution in [3.8, 4) is 11.5 Å². The minimum absolute atomic E-state index is 0.534. The monoisotopic (exact) mass is 235 g/mol. The lowest BCUT2D eigenvalue weighted by atomic mass is 10.2. The highest BCUT2D eigenvalue weighted by Gasteiger charge is 2.08. The molecule has 0 atom stereocenters. The van der Waals surface area contributed by atoms with Gasteiger partial charge in [-0.3, -0.25) is 0 Å². The Bertz CT molecular complexity index is 751. The van der Waals surface area contributed by atoms with Crippen LogP contribution in [0, 0.1) is 6.57 Å². The molecule has 3 rings (SSSR count). The zero-order valence-electron chi connectivity index (χ0n) is 9.42. The van der Waals surface area contributed by atoms with Gasteiger partial charge in [-0.1, -0.05) is 6.07 Å². The van der Waals surface area contributed by atoms with Gasteiger partial charge in [0.25, 0.3) is 0 Å². The average molecular weight is 235 g/mol. The van der Waals surface area contributed by atoms with E-state index in [0.717, 1.165) is 5.56 Å². The molecule has 1 aromatic heterocycles. The molecule has 0 aliphatic carbocycles. The van der Waals surface area contributed by atoms with Crippen molar-refractivity contribution in [3.05, 3.63) is 53.9 Å². The lowest BCUT2D eigenvalue weighted by Gasteiger charge is -1.95. The van der Waals surface area contributed by atoms with Crippen LogP contribution in [0.2, 0.25) is 0 Å². The van der Waals surface area contributed by atoms with Crippen molar-refractivity contribution in [2.75, 3.05) is 5.73 Å². The summed E-state index contributed by atoms with van der Waals surface area (Å²) in [6.45, 7) is 6.97. The molecule has 0 spiro atoms.